The fourth-order valence-electron chi connectivity index (χ4n) is 2.19. The Labute approximate surface area is 149 Å². The molecular weight excluding hydrogens is 367 g/mol. The molecule has 0 fully saturated rings. The lowest BCUT2D eigenvalue weighted by atomic mass is 10.2. The van der Waals surface area contributed by atoms with E-state index in [1.807, 2.05) is 0 Å². The second-order valence-electron chi connectivity index (χ2n) is 5.37. The molecule has 7 nitrogen and oxygen atoms in total. The van der Waals surface area contributed by atoms with Crippen LogP contribution in [0.2, 0.25) is 0 Å². The molecule has 0 unspecified atom stereocenters. The second kappa shape index (κ2) is 7.44. The third kappa shape index (κ3) is 4.40. The van der Waals surface area contributed by atoms with E-state index in [0.717, 1.165) is 22.9 Å². The van der Waals surface area contributed by atoms with Crippen molar-refractivity contribution in [2.24, 2.45) is 0 Å². The Bertz CT molecular complexity index is 1030. The summed E-state index contributed by atoms with van der Waals surface area (Å²) in [5.41, 5.74) is -0.989. The van der Waals surface area contributed by atoms with Gasteiger partial charge in [-0.05, 0) is 30.3 Å². The van der Waals surface area contributed by atoms with Crippen LogP contribution < -0.4 is 10.3 Å². The number of nitrogens with zero attached hydrogens (tertiary/aromatic N) is 3. The maximum Gasteiger partial charge on any atom is 0.416 e. The van der Waals surface area contributed by atoms with Crippen LogP contribution in [-0.2, 0) is 22.4 Å². The summed E-state index contributed by atoms with van der Waals surface area (Å²) in [5.74, 6) is -1.02. The van der Waals surface area contributed by atoms with E-state index < -0.39 is 36.6 Å². The maximum atomic E-state index is 12.6. The van der Waals surface area contributed by atoms with Crippen molar-refractivity contribution in [1.29, 1.82) is 0 Å². The van der Waals surface area contributed by atoms with Gasteiger partial charge in [0.15, 0.2) is 13.3 Å². The van der Waals surface area contributed by atoms with Gasteiger partial charge in [0, 0.05) is 0 Å². The molecule has 0 N–H and O–H groups in total. The van der Waals surface area contributed by atoms with Crippen LogP contribution in [0.15, 0.2) is 53.3 Å². The quantitative estimate of drug-likeness (QED) is 0.633. The molecule has 0 aliphatic heterocycles. The minimum Gasteiger partial charge on any atom is -0.482 e. The van der Waals surface area contributed by atoms with E-state index in [0.29, 0.717) is 10.9 Å². The zero-order valence-corrected chi connectivity index (χ0v) is 13.6. The van der Waals surface area contributed by atoms with Gasteiger partial charge in [-0.1, -0.05) is 23.4 Å². The highest BCUT2D eigenvalue weighted by molar-refractivity contribution is 5.76. The fourth-order valence-corrected chi connectivity index (χ4v) is 2.19. The largest absolute Gasteiger partial charge is 0.482 e. The van der Waals surface area contributed by atoms with Crippen molar-refractivity contribution in [2.45, 2.75) is 12.9 Å². The zero-order valence-electron chi connectivity index (χ0n) is 13.6. The van der Waals surface area contributed by atoms with Crippen LogP contribution in [0.1, 0.15) is 5.56 Å². The standard InChI is InChI=1S/C17H12F3N3O4/c18-17(19,20)11-4-3-5-12(8-11)26-9-15(24)27-10-23-16(25)13-6-1-2-7-14(13)21-22-23/h1-8H,9-10H2. The summed E-state index contributed by atoms with van der Waals surface area (Å²) in [6, 6.07) is 10.6. The van der Waals surface area contributed by atoms with Gasteiger partial charge in [-0.15, -0.1) is 5.10 Å². The van der Waals surface area contributed by atoms with Crippen LogP contribution >= 0.6 is 0 Å². The number of hydrogen-bond donors (Lipinski definition) is 0. The Hall–Kier alpha value is -3.43. The molecule has 0 radical (unpaired) electrons. The van der Waals surface area contributed by atoms with Crippen LogP contribution in [0.5, 0.6) is 5.75 Å². The number of esters is 1. The summed E-state index contributed by atoms with van der Waals surface area (Å²) >= 11 is 0. The molecule has 140 valence electrons. The lowest BCUT2D eigenvalue weighted by molar-refractivity contribution is -0.150. The number of alkyl halides is 3. The number of carbonyl (C=O) groups is 1. The van der Waals surface area contributed by atoms with Gasteiger partial charge in [0.2, 0.25) is 0 Å². The van der Waals surface area contributed by atoms with E-state index in [9.17, 15) is 22.8 Å². The normalized spacial score (nSPS) is 11.4. The molecule has 0 saturated carbocycles. The van der Waals surface area contributed by atoms with Gasteiger partial charge >= 0.3 is 12.1 Å². The van der Waals surface area contributed by atoms with Crippen molar-refractivity contribution in [3.63, 3.8) is 0 Å². The molecule has 0 spiro atoms. The van der Waals surface area contributed by atoms with E-state index in [1.54, 1.807) is 24.3 Å². The average Bonchev–Trinajstić information content (AvgIpc) is 2.65. The predicted molar refractivity (Wildman–Crippen MR) is 86.8 cm³/mol. The van der Waals surface area contributed by atoms with Gasteiger partial charge in [-0.2, -0.15) is 17.9 Å². The summed E-state index contributed by atoms with van der Waals surface area (Å²) in [5, 5.41) is 7.79. The molecule has 0 amide bonds. The van der Waals surface area contributed by atoms with E-state index in [-0.39, 0.29) is 5.75 Å². The highest BCUT2D eigenvalue weighted by Gasteiger charge is 2.30. The third-order valence-electron chi connectivity index (χ3n) is 3.50. The number of halogens is 3. The molecule has 0 saturated heterocycles. The van der Waals surface area contributed by atoms with Crippen molar-refractivity contribution in [3.05, 3.63) is 64.4 Å². The number of ether oxygens (including phenoxy) is 2. The van der Waals surface area contributed by atoms with E-state index >= 15 is 0 Å². The van der Waals surface area contributed by atoms with Crippen LogP contribution in [0, 0.1) is 0 Å². The summed E-state index contributed by atoms with van der Waals surface area (Å²) in [4.78, 5) is 23.9. The van der Waals surface area contributed by atoms with Crippen molar-refractivity contribution in [3.8, 4) is 5.75 Å². The highest BCUT2D eigenvalue weighted by Crippen LogP contribution is 2.31. The SMILES string of the molecule is O=C(COc1cccc(C(F)(F)F)c1)OCn1nnc2ccccc2c1=O. The van der Waals surface area contributed by atoms with Gasteiger partial charge in [0.25, 0.3) is 5.56 Å². The molecule has 0 aliphatic rings. The van der Waals surface area contributed by atoms with Gasteiger partial charge < -0.3 is 9.47 Å². The summed E-state index contributed by atoms with van der Waals surface area (Å²) in [6.07, 6.45) is -4.52. The first-order chi connectivity index (χ1) is 12.8. The van der Waals surface area contributed by atoms with Gasteiger partial charge in [0.05, 0.1) is 10.9 Å². The molecule has 1 heterocycles. The van der Waals surface area contributed by atoms with Crippen molar-refractivity contribution >= 4 is 16.9 Å². The first-order valence-electron chi connectivity index (χ1n) is 7.63. The molecule has 3 rings (SSSR count). The lowest BCUT2D eigenvalue weighted by Gasteiger charge is -2.10. The second-order valence-corrected chi connectivity index (χ2v) is 5.37. The molecule has 10 heteroatoms. The first kappa shape index (κ1) is 18.4. The van der Waals surface area contributed by atoms with Crippen molar-refractivity contribution in [1.82, 2.24) is 15.0 Å². The Morgan fingerprint density at radius 3 is 2.67 bits per heavy atom. The molecule has 0 aliphatic carbocycles. The van der Waals surface area contributed by atoms with Gasteiger partial charge in [-0.3, -0.25) is 4.79 Å². The van der Waals surface area contributed by atoms with E-state index in [1.165, 1.54) is 6.07 Å². The maximum absolute atomic E-state index is 12.6. The molecular formula is C17H12F3N3O4. The Balaban J connectivity index is 1.59. The summed E-state index contributed by atoms with van der Waals surface area (Å²) in [7, 11) is 0. The van der Waals surface area contributed by atoms with Crippen molar-refractivity contribution in [2.75, 3.05) is 6.61 Å². The van der Waals surface area contributed by atoms with Crippen molar-refractivity contribution < 1.29 is 27.4 Å². The summed E-state index contributed by atoms with van der Waals surface area (Å²) in [6.45, 7) is -1.13. The fraction of sp³-hybridized carbons (Fsp3) is 0.176. The van der Waals surface area contributed by atoms with Gasteiger partial charge in [-0.25, -0.2) is 4.79 Å². The number of fused-ring (bicyclic) bond motifs is 1. The molecule has 1 aromatic heterocycles. The number of hydrogen-bond acceptors (Lipinski definition) is 6. The Morgan fingerprint density at radius 1 is 1.11 bits per heavy atom. The highest BCUT2D eigenvalue weighted by atomic mass is 19.4. The zero-order chi connectivity index (χ0) is 19.4. The molecule has 27 heavy (non-hydrogen) atoms. The van der Waals surface area contributed by atoms with Crippen LogP contribution in [0.3, 0.4) is 0 Å². The Kier molecular flexibility index (Phi) is 5.06. The third-order valence-corrected chi connectivity index (χ3v) is 3.50. The minimum absolute atomic E-state index is 0.135. The first-order valence-corrected chi connectivity index (χ1v) is 7.63. The Morgan fingerprint density at radius 2 is 1.89 bits per heavy atom. The number of aromatic nitrogens is 3. The molecule has 3 aromatic rings. The van der Waals surface area contributed by atoms with E-state index in [4.69, 9.17) is 9.47 Å². The van der Waals surface area contributed by atoms with Crippen LogP contribution in [0.4, 0.5) is 13.2 Å². The number of benzene rings is 2. The number of carbonyl (C=O) groups excluding carboxylic acids is 1. The van der Waals surface area contributed by atoms with E-state index in [2.05, 4.69) is 10.3 Å². The van der Waals surface area contributed by atoms with Crippen LogP contribution in [-0.4, -0.2) is 27.6 Å². The number of rotatable bonds is 5. The molecule has 2 aromatic carbocycles. The van der Waals surface area contributed by atoms with Gasteiger partial charge in [0.1, 0.15) is 11.3 Å². The average molecular weight is 379 g/mol. The van der Waals surface area contributed by atoms with Crippen LogP contribution in [0.25, 0.3) is 10.9 Å². The lowest BCUT2D eigenvalue weighted by Crippen LogP contribution is -2.27. The predicted octanol–water partition coefficient (Wildman–Crippen LogP) is 2.39. The minimum atomic E-state index is -4.52. The smallest absolute Gasteiger partial charge is 0.416 e. The summed E-state index contributed by atoms with van der Waals surface area (Å²) < 4.78 is 48.6. The molecule has 0 bridgehead atoms. The monoisotopic (exact) mass is 379 g/mol. The topological polar surface area (TPSA) is 83.3 Å². The molecule has 0 atom stereocenters.